The number of aromatic nitrogens is 2. The van der Waals surface area contributed by atoms with E-state index >= 15 is 0 Å². The largest absolute Gasteiger partial charge is 0.447 e. The number of oxazole rings is 1. The van der Waals surface area contributed by atoms with Gasteiger partial charge in [-0.15, -0.1) is 0 Å². The minimum absolute atomic E-state index is 0.249. The number of benzene rings is 1. The monoisotopic (exact) mass is 405 g/mol. The van der Waals surface area contributed by atoms with E-state index in [1.807, 2.05) is 44.4 Å². The van der Waals surface area contributed by atoms with Crippen LogP contribution in [0.5, 0.6) is 0 Å². The fraction of sp³-hybridized carbons (Fsp3) is 0.348. The highest BCUT2D eigenvalue weighted by atomic mass is 16.3. The van der Waals surface area contributed by atoms with E-state index in [0.29, 0.717) is 18.1 Å². The molecule has 3 heterocycles. The normalized spacial score (nSPS) is 15.3. The quantitative estimate of drug-likeness (QED) is 0.679. The Kier molecular flexibility index (Phi) is 6.21. The molecule has 0 bridgehead atoms. The molecule has 1 fully saturated rings. The van der Waals surface area contributed by atoms with Crippen molar-refractivity contribution < 1.29 is 9.21 Å². The Morgan fingerprint density at radius 2 is 1.73 bits per heavy atom. The smallest absolute Gasteiger partial charge is 0.277 e. The van der Waals surface area contributed by atoms with Gasteiger partial charge in [-0.2, -0.15) is 0 Å². The van der Waals surface area contributed by atoms with Crippen LogP contribution in [0.2, 0.25) is 0 Å². The SMILES string of the molecule is Cc1ccc(C)c(NC(=O)c2coc(CN3CCN(Cc4ccncc4)CC3)n2)c1. The number of hydrogen-bond acceptors (Lipinski definition) is 6. The molecule has 1 aromatic carbocycles. The van der Waals surface area contributed by atoms with Gasteiger partial charge in [-0.25, -0.2) is 4.98 Å². The zero-order valence-corrected chi connectivity index (χ0v) is 17.5. The summed E-state index contributed by atoms with van der Waals surface area (Å²) in [6.07, 6.45) is 5.11. The Morgan fingerprint density at radius 3 is 2.47 bits per heavy atom. The summed E-state index contributed by atoms with van der Waals surface area (Å²) in [5.74, 6) is 0.324. The van der Waals surface area contributed by atoms with E-state index in [9.17, 15) is 4.79 Å². The molecule has 0 atom stereocenters. The fourth-order valence-electron chi connectivity index (χ4n) is 3.59. The van der Waals surface area contributed by atoms with E-state index in [1.54, 1.807) is 0 Å². The molecule has 1 aliphatic heterocycles. The van der Waals surface area contributed by atoms with Gasteiger partial charge in [-0.3, -0.25) is 19.6 Å². The molecule has 1 aliphatic rings. The summed E-state index contributed by atoms with van der Waals surface area (Å²) in [5.41, 5.74) is 4.50. The third kappa shape index (κ3) is 5.11. The minimum Gasteiger partial charge on any atom is -0.447 e. The van der Waals surface area contributed by atoms with Crippen LogP contribution >= 0.6 is 0 Å². The zero-order valence-electron chi connectivity index (χ0n) is 17.5. The molecule has 0 radical (unpaired) electrons. The molecule has 1 saturated heterocycles. The van der Waals surface area contributed by atoms with E-state index in [2.05, 4.69) is 37.2 Å². The number of anilines is 1. The molecule has 7 heteroatoms. The maximum Gasteiger partial charge on any atom is 0.277 e. The highest BCUT2D eigenvalue weighted by Gasteiger charge is 2.20. The molecule has 3 aromatic rings. The van der Waals surface area contributed by atoms with E-state index in [4.69, 9.17) is 4.42 Å². The highest BCUT2D eigenvalue weighted by Crippen LogP contribution is 2.18. The van der Waals surface area contributed by atoms with Gasteiger partial charge >= 0.3 is 0 Å². The van der Waals surface area contributed by atoms with Crippen molar-refractivity contribution in [3.05, 3.63) is 77.3 Å². The van der Waals surface area contributed by atoms with Gasteiger partial charge in [0, 0.05) is 50.8 Å². The summed E-state index contributed by atoms with van der Waals surface area (Å²) < 4.78 is 5.57. The van der Waals surface area contributed by atoms with Gasteiger partial charge in [-0.1, -0.05) is 12.1 Å². The lowest BCUT2D eigenvalue weighted by molar-refractivity contribution is 0.102. The van der Waals surface area contributed by atoms with Crippen LogP contribution in [0.4, 0.5) is 5.69 Å². The van der Waals surface area contributed by atoms with Gasteiger partial charge in [0.05, 0.1) is 6.54 Å². The molecule has 4 rings (SSSR count). The molecule has 7 nitrogen and oxygen atoms in total. The van der Waals surface area contributed by atoms with Crippen LogP contribution in [0.1, 0.15) is 33.1 Å². The van der Waals surface area contributed by atoms with Gasteiger partial charge in [0.15, 0.2) is 5.69 Å². The Labute approximate surface area is 176 Å². The number of carbonyl (C=O) groups excluding carboxylic acids is 1. The predicted molar refractivity (Wildman–Crippen MR) is 115 cm³/mol. The van der Waals surface area contributed by atoms with Crippen molar-refractivity contribution in [3.8, 4) is 0 Å². The van der Waals surface area contributed by atoms with Crippen molar-refractivity contribution in [1.82, 2.24) is 19.8 Å². The molecule has 1 N–H and O–H groups in total. The first-order valence-electron chi connectivity index (χ1n) is 10.2. The maximum atomic E-state index is 12.5. The number of rotatable bonds is 6. The standard InChI is InChI=1S/C23H27N5O2/c1-17-3-4-18(2)20(13-17)26-23(29)21-16-30-22(25-21)15-28-11-9-27(10-12-28)14-19-5-7-24-8-6-19/h3-8,13,16H,9-12,14-15H2,1-2H3,(H,26,29). The first-order valence-corrected chi connectivity index (χ1v) is 10.2. The molecule has 0 spiro atoms. The predicted octanol–water partition coefficient (Wildman–Crippen LogP) is 3.26. The lowest BCUT2D eigenvalue weighted by Crippen LogP contribution is -2.45. The van der Waals surface area contributed by atoms with E-state index < -0.39 is 0 Å². The van der Waals surface area contributed by atoms with Crippen LogP contribution in [-0.4, -0.2) is 51.9 Å². The maximum absolute atomic E-state index is 12.5. The summed E-state index contributed by atoms with van der Waals surface area (Å²) in [6, 6.07) is 10.1. The molecule has 30 heavy (non-hydrogen) atoms. The number of nitrogens with one attached hydrogen (secondary N) is 1. The molecule has 2 aromatic heterocycles. The number of hydrogen-bond donors (Lipinski definition) is 1. The van der Waals surface area contributed by atoms with Gasteiger partial charge < -0.3 is 9.73 Å². The van der Waals surface area contributed by atoms with Crippen LogP contribution in [0.15, 0.2) is 53.4 Å². The number of carbonyl (C=O) groups is 1. The van der Waals surface area contributed by atoms with Gasteiger partial charge in [-0.05, 0) is 48.7 Å². The Bertz CT molecular complexity index is 994. The van der Waals surface area contributed by atoms with Crippen molar-refractivity contribution in [1.29, 1.82) is 0 Å². The van der Waals surface area contributed by atoms with Crippen LogP contribution in [0.25, 0.3) is 0 Å². The summed E-state index contributed by atoms with van der Waals surface area (Å²) >= 11 is 0. The van der Waals surface area contributed by atoms with Crippen molar-refractivity contribution in [2.45, 2.75) is 26.9 Å². The minimum atomic E-state index is -0.249. The molecule has 1 amide bonds. The van der Waals surface area contributed by atoms with Crippen LogP contribution in [0, 0.1) is 13.8 Å². The van der Waals surface area contributed by atoms with Crippen LogP contribution in [0.3, 0.4) is 0 Å². The highest BCUT2D eigenvalue weighted by molar-refractivity contribution is 6.03. The average Bonchev–Trinajstić information content (AvgIpc) is 3.22. The molecule has 0 saturated carbocycles. The van der Waals surface area contributed by atoms with E-state index in [-0.39, 0.29) is 5.91 Å². The van der Waals surface area contributed by atoms with Gasteiger partial charge in [0.1, 0.15) is 6.26 Å². The van der Waals surface area contributed by atoms with Crippen molar-refractivity contribution in [3.63, 3.8) is 0 Å². The van der Waals surface area contributed by atoms with Crippen LogP contribution < -0.4 is 5.32 Å². The Balaban J connectivity index is 1.28. The van der Waals surface area contributed by atoms with Crippen molar-refractivity contribution in [2.24, 2.45) is 0 Å². The molecule has 0 unspecified atom stereocenters. The first kappa shape index (κ1) is 20.3. The van der Waals surface area contributed by atoms with Crippen molar-refractivity contribution >= 4 is 11.6 Å². The summed E-state index contributed by atoms with van der Waals surface area (Å²) in [4.78, 5) is 25.8. The fourth-order valence-corrected chi connectivity index (χ4v) is 3.59. The molecular formula is C23H27N5O2. The number of aryl methyl sites for hydroxylation is 2. The third-order valence-corrected chi connectivity index (χ3v) is 5.40. The lowest BCUT2D eigenvalue weighted by atomic mass is 10.1. The lowest BCUT2D eigenvalue weighted by Gasteiger charge is -2.33. The molecular weight excluding hydrogens is 378 g/mol. The molecule has 156 valence electrons. The number of piperazine rings is 1. The van der Waals surface area contributed by atoms with Gasteiger partial charge in [0.25, 0.3) is 5.91 Å². The summed E-state index contributed by atoms with van der Waals surface area (Å²) in [7, 11) is 0. The number of amides is 1. The zero-order chi connectivity index (χ0) is 20.9. The van der Waals surface area contributed by atoms with E-state index in [1.165, 1.54) is 11.8 Å². The topological polar surface area (TPSA) is 74.5 Å². The average molecular weight is 406 g/mol. The number of nitrogens with zero attached hydrogens (tertiary/aromatic N) is 4. The first-order chi connectivity index (χ1) is 14.6. The second-order valence-electron chi connectivity index (χ2n) is 7.81. The van der Waals surface area contributed by atoms with Gasteiger partial charge in [0.2, 0.25) is 5.89 Å². The van der Waals surface area contributed by atoms with E-state index in [0.717, 1.165) is 49.5 Å². The second-order valence-corrected chi connectivity index (χ2v) is 7.81. The second kappa shape index (κ2) is 9.19. The Morgan fingerprint density at radius 1 is 1.03 bits per heavy atom. The molecule has 0 aliphatic carbocycles. The summed E-state index contributed by atoms with van der Waals surface area (Å²) in [6.45, 7) is 9.39. The number of pyridine rings is 1. The Hall–Kier alpha value is -3.03. The van der Waals surface area contributed by atoms with Crippen LogP contribution in [-0.2, 0) is 13.1 Å². The summed E-state index contributed by atoms with van der Waals surface area (Å²) in [5, 5.41) is 2.93. The van der Waals surface area contributed by atoms with Crippen molar-refractivity contribution in [2.75, 3.05) is 31.5 Å². The third-order valence-electron chi connectivity index (χ3n) is 5.40.